The molecule has 0 unspecified atom stereocenters. The van der Waals surface area contributed by atoms with Crippen molar-refractivity contribution in [2.24, 2.45) is 0 Å². The number of furan rings is 1. The van der Waals surface area contributed by atoms with E-state index in [1.165, 1.54) is 12.1 Å². The van der Waals surface area contributed by atoms with Crippen LogP contribution in [0.5, 0.6) is 0 Å². The van der Waals surface area contributed by atoms with Crippen molar-refractivity contribution < 1.29 is 13.6 Å². The average molecular weight is 282 g/mol. The molecule has 106 valence electrons. The molecule has 0 atom stereocenters. The molecular weight excluding hydrogens is 267 g/mol. The molecule has 3 aromatic rings. The maximum Gasteiger partial charge on any atom is 0.228 e. The van der Waals surface area contributed by atoms with Crippen molar-refractivity contribution in [3.8, 4) is 0 Å². The van der Waals surface area contributed by atoms with E-state index in [4.69, 9.17) is 4.42 Å². The Morgan fingerprint density at radius 1 is 1.00 bits per heavy atom. The molecule has 2 aromatic carbocycles. The Labute approximate surface area is 122 Å². The van der Waals surface area contributed by atoms with Gasteiger partial charge in [0.1, 0.15) is 11.4 Å². The summed E-state index contributed by atoms with van der Waals surface area (Å²) in [6.07, 6.45) is 0. The molecule has 0 spiro atoms. The van der Waals surface area contributed by atoms with Crippen LogP contribution in [0.25, 0.3) is 11.0 Å². The number of carbonyl (C=O) groups excluding carboxylic acids is 1. The lowest BCUT2D eigenvalue weighted by Crippen LogP contribution is -2.02. The van der Waals surface area contributed by atoms with Crippen LogP contribution in [0.4, 0.5) is 4.39 Å². The SMILES string of the molecule is Cc1cc(C)cc(C(=O)c2oc3cc(F)ccc3c2C)c1. The molecule has 0 amide bonds. The summed E-state index contributed by atoms with van der Waals surface area (Å²) in [6.45, 7) is 5.72. The van der Waals surface area contributed by atoms with Gasteiger partial charge in [0.15, 0.2) is 5.76 Å². The summed E-state index contributed by atoms with van der Waals surface area (Å²) in [5.74, 6) is -0.266. The van der Waals surface area contributed by atoms with E-state index in [2.05, 4.69) is 0 Å². The third kappa shape index (κ3) is 2.35. The van der Waals surface area contributed by atoms with Crippen LogP contribution in [0, 0.1) is 26.6 Å². The lowest BCUT2D eigenvalue weighted by molar-refractivity contribution is 0.101. The molecule has 0 saturated heterocycles. The third-order valence-corrected chi connectivity index (χ3v) is 3.59. The summed E-state index contributed by atoms with van der Waals surface area (Å²) in [7, 11) is 0. The summed E-state index contributed by atoms with van der Waals surface area (Å²) in [4.78, 5) is 12.6. The van der Waals surface area contributed by atoms with Crippen LogP contribution in [0.15, 0.2) is 40.8 Å². The molecule has 0 N–H and O–H groups in total. The van der Waals surface area contributed by atoms with Crippen LogP contribution in [-0.2, 0) is 0 Å². The summed E-state index contributed by atoms with van der Waals surface area (Å²) in [6, 6.07) is 10.0. The monoisotopic (exact) mass is 282 g/mol. The van der Waals surface area contributed by atoms with Crippen molar-refractivity contribution in [2.45, 2.75) is 20.8 Å². The molecule has 21 heavy (non-hydrogen) atoms. The zero-order valence-corrected chi connectivity index (χ0v) is 12.2. The van der Waals surface area contributed by atoms with Crippen molar-refractivity contribution in [1.29, 1.82) is 0 Å². The predicted molar refractivity (Wildman–Crippen MR) is 80.3 cm³/mol. The first-order valence-corrected chi connectivity index (χ1v) is 6.77. The number of hydrogen-bond donors (Lipinski definition) is 0. The lowest BCUT2D eigenvalue weighted by Gasteiger charge is -2.03. The fraction of sp³-hybridized carbons (Fsp3) is 0.167. The van der Waals surface area contributed by atoms with Gasteiger partial charge >= 0.3 is 0 Å². The molecule has 2 nitrogen and oxygen atoms in total. The summed E-state index contributed by atoms with van der Waals surface area (Å²) in [5.41, 5.74) is 3.79. The number of benzene rings is 2. The minimum absolute atomic E-state index is 0.170. The number of ketones is 1. The summed E-state index contributed by atoms with van der Waals surface area (Å²) >= 11 is 0. The van der Waals surface area contributed by atoms with Gasteiger partial charge in [-0.3, -0.25) is 4.79 Å². The van der Waals surface area contributed by atoms with Gasteiger partial charge in [-0.15, -0.1) is 0 Å². The first-order valence-electron chi connectivity index (χ1n) is 6.77. The van der Waals surface area contributed by atoms with Crippen LogP contribution in [-0.4, -0.2) is 5.78 Å². The highest BCUT2D eigenvalue weighted by atomic mass is 19.1. The first-order chi connectivity index (χ1) is 9.95. The lowest BCUT2D eigenvalue weighted by atomic mass is 10.0. The van der Waals surface area contributed by atoms with Crippen molar-refractivity contribution in [1.82, 2.24) is 0 Å². The van der Waals surface area contributed by atoms with E-state index in [0.29, 0.717) is 11.1 Å². The van der Waals surface area contributed by atoms with E-state index in [9.17, 15) is 9.18 Å². The largest absolute Gasteiger partial charge is 0.452 e. The highest BCUT2D eigenvalue weighted by molar-refractivity contribution is 6.10. The molecule has 3 heteroatoms. The first kappa shape index (κ1) is 13.6. The number of carbonyl (C=O) groups is 1. The second-order valence-electron chi connectivity index (χ2n) is 5.40. The quantitative estimate of drug-likeness (QED) is 0.636. The number of halogens is 1. The van der Waals surface area contributed by atoms with E-state index < -0.39 is 0 Å². The zero-order valence-electron chi connectivity index (χ0n) is 12.2. The topological polar surface area (TPSA) is 30.2 Å². The molecule has 0 aliphatic carbocycles. The molecule has 0 radical (unpaired) electrons. The van der Waals surface area contributed by atoms with Gasteiger partial charge in [0.2, 0.25) is 5.78 Å². The third-order valence-electron chi connectivity index (χ3n) is 3.59. The number of hydrogen-bond acceptors (Lipinski definition) is 2. The smallest absolute Gasteiger partial charge is 0.228 e. The molecule has 0 aliphatic rings. The highest BCUT2D eigenvalue weighted by Crippen LogP contribution is 2.28. The number of fused-ring (bicyclic) bond motifs is 1. The molecular formula is C18H15FO2. The van der Waals surface area contributed by atoms with Gasteiger partial charge in [-0.1, -0.05) is 17.2 Å². The number of rotatable bonds is 2. The number of aryl methyl sites for hydroxylation is 3. The van der Waals surface area contributed by atoms with E-state index in [0.717, 1.165) is 22.1 Å². The van der Waals surface area contributed by atoms with Crippen molar-refractivity contribution in [3.63, 3.8) is 0 Å². The van der Waals surface area contributed by atoms with Gasteiger partial charge < -0.3 is 4.42 Å². The second kappa shape index (κ2) is 4.85. The molecule has 0 fully saturated rings. The standard InChI is InChI=1S/C18H15FO2/c1-10-6-11(2)8-13(7-10)17(20)18-12(3)15-5-4-14(19)9-16(15)21-18/h4-9H,1-3H3. The van der Waals surface area contributed by atoms with Crippen LogP contribution in [0.1, 0.15) is 32.8 Å². The Morgan fingerprint density at radius 2 is 1.67 bits per heavy atom. The Bertz CT molecular complexity index is 839. The van der Waals surface area contributed by atoms with Gasteiger partial charge in [-0.2, -0.15) is 0 Å². The van der Waals surface area contributed by atoms with Crippen LogP contribution < -0.4 is 0 Å². The van der Waals surface area contributed by atoms with Gasteiger partial charge in [0, 0.05) is 22.6 Å². The molecule has 0 aliphatic heterocycles. The van der Waals surface area contributed by atoms with E-state index in [-0.39, 0.29) is 17.4 Å². The predicted octanol–water partition coefficient (Wildman–Crippen LogP) is 4.73. The van der Waals surface area contributed by atoms with Crippen molar-refractivity contribution in [3.05, 3.63) is 70.2 Å². The molecule has 1 aromatic heterocycles. The molecule has 0 bridgehead atoms. The Kier molecular flexibility index (Phi) is 3.13. The van der Waals surface area contributed by atoms with Gasteiger partial charge in [-0.25, -0.2) is 4.39 Å². The molecule has 1 heterocycles. The Morgan fingerprint density at radius 3 is 2.33 bits per heavy atom. The summed E-state index contributed by atoms with van der Waals surface area (Å²) < 4.78 is 18.8. The van der Waals surface area contributed by atoms with E-state index in [1.807, 2.05) is 39.0 Å². The normalized spacial score (nSPS) is 11.0. The van der Waals surface area contributed by atoms with Crippen molar-refractivity contribution >= 4 is 16.8 Å². The van der Waals surface area contributed by atoms with Crippen LogP contribution in [0.2, 0.25) is 0 Å². The average Bonchev–Trinajstić information content (AvgIpc) is 2.73. The van der Waals surface area contributed by atoms with Gasteiger partial charge in [0.05, 0.1) is 0 Å². The highest BCUT2D eigenvalue weighted by Gasteiger charge is 2.19. The van der Waals surface area contributed by atoms with Gasteiger partial charge in [0.25, 0.3) is 0 Å². The fourth-order valence-electron chi connectivity index (χ4n) is 2.65. The fourth-order valence-corrected chi connectivity index (χ4v) is 2.65. The summed E-state index contributed by atoms with van der Waals surface area (Å²) in [5, 5.41) is 0.768. The van der Waals surface area contributed by atoms with E-state index in [1.54, 1.807) is 6.07 Å². The minimum atomic E-state index is -0.373. The van der Waals surface area contributed by atoms with E-state index >= 15 is 0 Å². The minimum Gasteiger partial charge on any atom is -0.452 e. The van der Waals surface area contributed by atoms with Crippen LogP contribution in [0.3, 0.4) is 0 Å². The van der Waals surface area contributed by atoms with Gasteiger partial charge in [-0.05, 0) is 45.0 Å². The maximum absolute atomic E-state index is 13.3. The zero-order chi connectivity index (χ0) is 15.1. The maximum atomic E-state index is 13.3. The van der Waals surface area contributed by atoms with Crippen molar-refractivity contribution in [2.75, 3.05) is 0 Å². The molecule has 3 rings (SSSR count). The molecule has 0 saturated carbocycles. The Hall–Kier alpha value is -2.42. The second-order valence-corrected chi connectivity index (χ2v) is 5.40. The Balaban J connectivity index is 2.15. The van der Waals surface area contributed by atoms with Crippen LogP contribution >= 0.6 is 0 Å².